The van der Waals surface area contributed by atoms with E-state index in [0.29, 0.717) is 26.0 Å². The highest BCUT2D eigenvalue weighted by molar-refractivity contribution is 7.91. The van der Waals surface area contributed by atoms with Crippen molar-refractivity contribution in [1.29, 1.82) is 0 Å². The van der Waals surface area contributed by atoms with Crippen LogP contribution < -0.4 is 5.32 Å². The number of sulfone groups is 1. The smallest absolute Gasteiger partial charge is 0.226 e. The third-order valence-electron chi connectivity index (χ3n) is 4.37. The molecule has 1 aliphatic heterocycles. The van der Waals surface area contributed by atoms with Crippen molar-refractivity contribution >= 4 is 21.7 Å². The first-order valence-corrected chi connectivity index (χ1v) is 9.41. The van der Waals surface area contributed by atoms with Gasteiger partial charge in [-0.05, 0) is 19.3 Å². The van der Waals surface area contributed by atoms with Crippen molar-refractivity contribution in [1.82, 2.24) is 10.2 Å². The lowest BCUT2D eigenvalue weighted by atomic mass is 10.2. The Morgan fingerprint density at radius 3 is 2.64 bits per heavy atom. The molecule has 3 atom stereocenters. The molecular weight excluding hydrogens is 308 g/mol. The Kier molecular flexibility index (Phi) is 5.44. The lowest BCUT2D eigenvalue weighted by Crippen LogP contribution is -2.39. The summed E-state index contributed by atoms with van der Waals surface area (Å²) < 4.78 is 27.9. The van der Waals surface area contributed by atoms with E-state index in [9.17, 15) is 18.0 Å². The van der Waals surface area contributed by atoms with Crippen molar-refractivity contribution < 1.29 is 22.7 Å². The van der Waals surface area contributed by atoms with E-state index >= 15 is 0 Å². The average molecular weight is 332 g/mol. The number of rotatable bonds is 7. The van der Waals surface area contributed by atoms with Crippen molar-refractivity contribution in [3.8, 4) is 0 Å². The number of hydrogen-bond acceptors (Lipinski definition) is 5. The van der Waals surface area contributed by atoms with Crippen LogP contribution in [0.25, 0.3) is 0 Å². The summed E-state index contributed by atoms with van der Waals surface area (Å²) in [6.07, 6.45) is 1.79. The van der Waals surface area contributed by atoms with Crippen LogP contribution in [0.2, 0.25) is 0 Å². The Labute approximate surface area is 131 Å². The van der Waals surface area contributed by atoms with Crippen molar-refractivity contribution in [2.24, 2.45) is 11.8 Å². The molecule has 1 N–H and O–H groups in total. The normalized spacial score (nSPS) is 29.1. The highest BCUT2D eigenvalue weighted by atomic mass is 32.2. The second kappa shape index (κ2) is 6.95. The highest BCUT2D eigenvalue weighted by Gasteiger charge is 2.50. The molecule has 2 aliphatic rings. The maximum atomic E-state index is 12.3. The van der Waals surface area contributed by atoms with E-state index in [4.69, 9.17) is 4.74 Å². The standard InChI is InChI=1S/C14H24N2O5S/c1-16(10-4-7-22(19,20)9-10)14(18)12-8-11(12)13(17)15-5-3-6-21-2/h10-12H,3-9H2,1-2H3,(H,15,17). The summed E-state index contributed by atoms with van der Waals surface area (Å²) in [5.41, 5.74) is 0. The van der Waals surface area contributed by atoms with Gasteiger partial charge in [0, 0.05) is 33.4 Å². The molecule has 126 valence electrons. The Balaban J connectivity index is 1.77. The van der Waals surface area contributed by atoms with E-state index in [1.165, 1.54) is 4.90 Å². The predicted molar refractivity (Wildman–Crippen MR) is 80.9 cm³/mol. The number of amides is 2. The number of methoxy groups -OCH3 is 1. The minimum Gasteiger partial charge on any atom is -0.385 e. The fraction of sp³-hybridized carbons (Fsp3) is 0.857. The molecule has 2 rings (SSSR count). The SMILES string of the molecule is COCCCNC(=O)C1CC1C(=O)N(C)C1CCS(=O)(=O)C1. The van der Waals surface area contributed by atoms with Gasteiger partial charge < -0.3 is 15.0 Å². The Morgan fingerprint density at radius 1 is 1.32 bits per heavy atom. The average Bonchev–Trinajstić information content (AvgIpc) is 3.19. The highest BCUT2D eigenvalue weighted by Crippen LogP contribution is 2.40. The fourth-order valence-corrected chi connectivity index (χ4v) is 4.61. The number of carbonyl (C=O) groups is 2. The molecule has 1 saturated carbocycles. The van der Waals surface area contributed by atoms with Gasteiger partial charge in [-0.1, -0.05) is 0 Å². The Morgan fingerprint density at radius 2 is 2.05 bits per heavy atom. The van der Waals surface area contributed by atoms with Crippen LogP contribution in [0.5, 0.6) is 0 Å². The molecule has 0 aromatic carbocycles. The number of carbonyl (C=O) groups excluding carboxylic acids is 2. The monoisotopic (exact) mass is 332 g/mol. The first-order valence-electron chi connectivity index (χ1n) is 7.59. The first-order chi connectivity index (χ1) is 10.4. The van der Waals surface area contributed by atoms with Crippen LogP contribution >= 0.6 is 0 Å². The van der Waals surface area contributed by atoms with Gasteiger partial charge >= 0.3 is 0 Å². The molecule has 8 heteroatoms. The Bertz CT molecular complexity index is 533. The van der Waals surface area contributed by atoms with Crippen LogP contribution in [0.3, 0.4) is 0 Å². The summed E-state index contributed by atoms with van der Waals surface area (Å²) in [6.45, 7) is 1.13. The molecule has 1 aliphatic carbocycles. The summed E-state index contributed by atoms with van der Waals surface area (Å²) in [6, 6.07) is -0.247. The molecule has 22 heavy (non-hydrogen) atoms. The molecule has 1 heterocycles. The van der Waals surface area contributed by atoms with E-state index < -0.39 is 9.84 Å². The quantitative estimate of drug-likeness (QED) is 0.630. The van der Waals surface area contributed by atoms with E-state index in [-0.39, 0.29) is 41.2 Å². The van der Waals surface area contributed by atoms with Gasteiger partial charge in [-0.3, -0.25) is 9.59 Å². The van der Waals surface area contributed by atoms with Crippen molar-refractivity contribution in [2.75, 3.05) is 38.8 Å². The first kappa shape index (κ1) is 17.2. The van der Waals surface area contributed by atoms with Gasteiger partial charge in [0.25, 0.3) is 0 Å². The van der Waals surface area contributed by atoms with Crippen LogP contribution in [0.1, 0.15) is 19.3 Å². The summed E-state index contributed by atoms with van der Waals surface area (Å²) in [5.74, 6) is -0.591. The van der Waals surface area contributed by atoms with Crippen LogP contribution in [-0.2, 0) is 24.2 Å². The van der Waals surface area contributed by atoms with Gasteiger partial charge in [-0.2, -0.15) is 0 Å². The van der Waals surface area contributed by atoms with E-state index in [1.54, 1.807) is 14.2 Å². The maximum Gasteiger partial charge on any atom is 0.226 e. The van der Waals surface area contributed by atoms with Gasteiger partial charge in [-0.15, -0.1) is 0 Å². The largest absolute Gasteiger partial charge is 0.385 e. The summed E-state index contributed by atoms with van der Waals surface area (Å²) in [4.78, 5) is 25.8. The zero-order chi connectivity index (χ0) is 16.3. The Hall–Kier alpha value is -1.15. The molecule has 0 spiro atoms. The summed E-state index contributed by atoms with van der Waals surface area (Å²) in [7, 11) is 0.235. The molecule has 3 unspecified atom stereocenters. The van der Waals surface area contributed by atoms with E-state index in [2.05, 4.69) is 5.32 Å². The van der Waals surface area contributed by atoms with E-state index in [0.717, 1.165) is 6.42 Å². The molecule has 2 fully saturated rings. The van der Waals surface area contributed by atoms with Crippen LogP contribution in [-0.4, -0.2) is 70.0 Å². The second-order valence-electron chi connectivity index (χ2n) is 6.09. The third-order valence-corrected chi connectivity index (χ3v) is 6.12. The molecule has 0 bridgehead atoms. The topological polar surface area (TPSA) is 92.8 Å². The molecular formula is C14H24N2O5S. The second-order valence-corrected chi connectivity index (χ2v) is 8.32. The minimum atomic E-state index is -3.01. The number of hydrogen-bond donors (Lipinski definition) is 1. The summed E-state index contributed by atoms with van der Waals surface area (Å²) in [5, 5.41) is 2.80. The number of nitrogens with one attached hydrogen (secondary N) is 1. The predicted octanol–water partition coefficient (Wildman–Crippen LogP) is -0.579. The number of ether oxygens (including phenoxy) is 1. The molecule has 0 radical (unpaired) electrons. The maximum absolute atomic E-state index is 12.3. The van der Waals surface area contributed by atoms with Crippen molar-refractivity contribution in [2.45, 2.75) is 25.3 Å². The molecule has 2 amide bonds. The van der Waals surface area contributed by atoms with Crippen LogP contribution in [0.4, 0.5) is 0 Å². The fourth-order valence-electron chi connectivity index (χ4n) is 2.84. The lowest BCUT2D eigenvalue weighted by molar-refractivity contribution is -0.135. The van der Waals surface area contributed by atoms with Crippen molar-refractivity contribution in [3.05, 3.63) is 0 Å². The molecule has 0 aromatic heterocycles. The van der Waals surface area contributed by atoms with Gasteiger partial charge in [-0.25, -0.2) is 8.42 Å². The third kappa shape index (κ3) is 4.19. The summed E-state index contributed by atoms with van der Waals surface area (Å²) >= 11 is 0. The van der Waals surface area contributed by atoms with Gasteiger partial charge in [0.2, 0.25) is 11.8 Å². The van der Waals surface area contributed by atoms with Gasteiger partial charge in [0.05, 0.1) is 23.3 Å². The lowest BCUT2D eigenvalue weighted by Gasteiger charge is -2.23. The molecule has 1 saturated heterocycles. The number of nitrogens with zero attached hydrogens (tertiary/aromatic N) is 1. The van der Waals surface area contributed by atoms with E-state index in [1.807, 2.05) is 0 Å². The van der Waals surface area contributed by atoms with Crippen molar-refractivity contribution in [3.63, 3.8) is 0 Å². The van der Waals surface area contributed by atoms with Crippen LogP contribution in [0, 0.1) is 11.8 Å². The van der Waals surface area contributed by atoms with Gasteiger partial charge in [0.15, 0.2) is 9.84 Å². The van der Waals surface area contributed by atoms with Gasteiger partial charge in [0.1, 0.15) is 0 Å². The zero-order valence-electron chi connectivity index (χ0n) is 13.1. The molecule has 7 nitrogen and oxygen atoms in total. The van der Waals surface area contributed by atoms with Crippen LogP contribution in [0.15, 0.2) is 0 Å². The molecule has 0 aromatic rings. The zero-order valence-corrected chi connectivity index (χ0v) is 13.9. The minimum absolute atomic E-state index is 0.0375.